The Labute approximate surface area is 193 Å². The van der Waals surface area contributed by atoms with Gasteiger partial charge in [0.15, 0.2) is 11.0 Å². The van der Waals surface area contributed by atoms with Crippen LogP contribution in [0.1, 0.15) is 21.7 Å². The molecule has 1 aromatic heterocycles. The Morgan fingerprint density at radius 3 is 2.45 bits per heavy atom. The second kappa shape index (κ2) is 10.3. The number of thioether (sulfide) groups is 1. The molecule has 4 aromatic rings. The number of nitrogens with one attached hydrogen (secondary N) is 1. The summed E-state index contributed by atoms with van der Waals surface area (Å²) in [5.41, 5.74) is 1.92. The molecule has 168 valence electrons. The van der Waals surface area contributed by atoms with Gasteiger partial charge in [-0.2, -0.15) is 0 Å². The van der Waals surface area contributed by atoms with Crippen molar-refractivity contribution in [3.05, 3.63) is 101 Å². The van der Waals surface area contributed by atoms with E-state index < -0.39 is 5.82 Å². The van der Waals surface area contributed by atoms with E-state index in [9.17, 15) is 13.6 Å². The quantitative estimate of drug-likeness (QED) is 0.379. The normalized spacial score (nSPS) is 10.8. The molecule has 0 aliphatic carbocycles. The molecule has 0 radical (unpaired) electrons. The van der Waals surface area contributed by atoms with Crippen LogP contribution in [0.3, 0.4) is 0 Å². The first-order chi connectivity index (χ1) is 16.0. The van der Waals surface area contributed by atoms with Gasteiger partial charge in [0.1, 0.15) is 17.4 Å². The van der Waals surface area contributed by atoms with E-state index in [-0.39, 0.29) is 18.3 Å². The number of halogens is 2. The van der Waals surface area contributed by atoms with Crippen molar-refractivity contribution in [2.24, 2.45) is 0 Å². The third-order valence-corrected chi connectivity index (χ3v) is 5.81. The summed E-state index contributed by atoms with van der Waals surface area (Å²) >= 11 is 1.38. The zero-order valence-corrected chi connectivity index (χ0v) is 18.5. The van der Waals surface area contributed by atoms with Gasteiger partial charge in [0.05, 0.1) is 19.3 Å². The molecule has 0 saturated heterocycles. The first-order valence-corrected chi connectivity index (χ1v) is 11.0. The number of methoxy groups -OCH3 is 1. The van der Waals surface area contributed by atoms with Crippen molar-refractivity contribution < 1.29 is 18.3 Å². The van der Waals surface area contributed by atoms with Gasteiger partial charge in [0, 0.05) is 11.3 Å². The summed E-state index contributed by atoms with van der Waals surface area (Å²) in [4.78, 5) is 12.6. The molecule has 0 fully saturated rings. The van der Waals surface area contributed by atoms with Crippen LogP contribution in [0.15, 0.2) is 78.0 Å². The molecule has 0 atom stereocenters. The molecule has 1 amide bonds. The second-order valence-corrected chi connectivity index (χ2v) is 7.98. The molecule has 0 bridgehead atoms. The monoisotopic (exact) mass is 466 g/mol. The fraction of sp³-hybridized carbons (Fsp3) is 0.125. The lowest BCUT2D eigenvalue weighted by molar-refractivity contribution is 0.0949. The maximum atomic E-state index is 13.9. The maximum absolute atomic E-state index is 13.9. The Hall–Kier alpha value is -3.72. The van der Waals surface area contributed by atoms with Gasteiger partial charge in [0.25, 0.3) is 5.91 Å². The van der Waals surface area contributed by atoms with E-state index >= 15 is 0 Å². The molecule has 6 nitrogen and oxygen atoms in total. The van der Waals surface area contributed by atoms with E-state index in [2.05, 4.69) is 15.5 Å². The van der Waals surface area contributed by atoms with Gasteiger partial charge in [-0.1, -0.05) is 30.0 Å². The zero-order valence-electron chi connectivity index (χ0n) is 17.7. The van der Waals surface area contributed by atoms with Crippen molar-refractivity contribution in [3.8, 4) is 11.4 Å². The molecule has 9 heteroatoms. The molecule has 1 heterocycles. The van der Waals surface area contributed by atoms with Crippen molar-refractivity contribution in [2.75, 3.05) is 7.11 Å². The first kappa shape index (κ1) is 22.5. The van der Waals surface area contributed by atoms with Crippen LogP contribution in [0.4, 0.5) is 8.78 Å². The Bertz CT molecular complexity index is 1240. The average Bonchev–Trinajstić information content (AvgIpc) is 3.25. The number of hydrogen-bond acceptors (Lipinski definition) is 5. The highest BCUT2D eigenvalue weighted by Gasteiger charge is 2.16. The maximum Gasteiger partial charge on any atom is 0.251 e. The van der Waals surface area contributed by atoms with Gasteiger partial charge in [-0.25, -0.2) is 8.78 Å². The second-order valence-electron chi connectivity index (χ2n) is 7.04. The van der Waals surface area contributed by atoms with E-state index in [1.807, 2.05) is 0 Å². The topological polar surface area (TPSA) is 69.0 Å². The SMILES string of the molecule is COc1ccc(C(=O)NCc2nnc(SCc3ccc(F)cc3)n2-c2cccc(F)c2)cc1. The summed E-state index contributed by atoms with van der Waals surface area (Å²) in [6, 6.07) is 19.0. The van der Waals surface area contributed by atoms with Crippen LogP contribution in [-0.4, -0.2) is 27.8 Å². The molecular formula is C24H20F2N4O2S. The Kier molecular flexibility index (Phi) is 6.99. The molecule has 4 rings (SSSR count). The number of benzene rings is 3. The summed E-state index contributed by atoms with van der Waals surface area (Å²) in [6.07, 6.45) is 0. The number of nitrogens with zero attached hydrogens (tertiary/aromatic N) is 3. The third-order valence-electron chi connectivity index (χ3n) is 4.81. The van der Waals surface area contributed by atoms with E-state index in [4.69, 9.17) is 4.74 Å². The highest BCUT2D eigenvalue weighted by atomic mass is 32.2. The fourth-order valence-electron chi connectivity index (χ4n) is 3.12. The number of hydrogen-bond donors (Lipinski definition) is 1. The molecule has 0 spiro atoms. The van der Waals surface area contributed by atoms with Crippen molar-refractivity contribution in [2.45, 2.75) is 17.5 Å². The molecule has 0 saturated carbocycles. The summed E-state index contributed by atoms with van der Waals surface area (Å²) in [7, 11) is 1.56. The van der Waals surface area contributed by atoms with Crippen LogP contribution < -0.4 is 10.1 Å². The largest absolute Gasteiger partial charge is 0.497 e. The third kappa shape index (κ3) is 5.56. The smallest absolute Gasteiger partial charge is 0.251 e. The van der Waals surface area contributed by atoms with Gasteiger partial charge in [-0.3, -0.25) is 9.36 Å². The summed E-state index contributed by atoms with van der Waals surface area (Å²) in [5, 5.41) is 11.8. The van der Waals surface area contributed by atoms with Gasteiger partial charge < -0.3 is 10.1 Å². The van der Waals surface area contributed by atoms with E-state index in [0.29, 0.717) is 33.7 Å². The van der Waals surface area contributed by atoms with Crippen LogP contribution in [0, 0.1) is 11.6 Å². The first-order valence-electron chi connectivity index (χ1n) is 10.0. The number of carbonyl (C=O) groups is 1. The van der Waals surface area contributed by atoms with Crippen molar-refractivity contribution in [3.63, 3.8) is 0 Å². The summed E-state index contributed by atoms with van der Waals surface area (Å²) in [5.74, 6) is 0.632. The highest BCUT2D eigenvalue weighted by Crippen LogP contribution is 2.26. The van der Waals surface area contributed by atoms with Gasteiger partial charge in [-0.15, -0.1) is 10.2 Å². The highest BCUT2D eigenvalue weighted by molar-refractivity contribution is 7.98. The number of rotatable bonds is 8. The Morgan fingerprint density at radius 2 is 1.76 bits per heavy atom. The molecule has 0 aliphatic heterocycles. The minimum absolute atomic E-state index is 0.0888. The fourth-order valence-corrected chi connectivity index (χ4v) is 4.04. The predicted octanol–water partition coefficient (Wildman–Crippen LogP) is 4.78. The van der Waals surface area contributed by atoms with Crippen LogP contribution in [-0.2, 0) is 12.3 Å². The number of carbonyl (C=O) groups excluding carboxylic acids is 1. The van der Waals surface area contributed by atoms with Crippen LogP contribution in [0.5, 0.6) is 5.75 Å². The van der Waals surface area contributed by atoms with Crippen molar-refractivity contribution in [1.82, 2.24) is 20.1 Å². The molecule has 1 N–H and O–H groups in total. The van der Waals surface area contributed by atoms with Crippen molar-refractivity contribution >= 4 is 17.7 Å². The molecule has 0 aliphatic rings. The zero-order chi connectivity index (χ0) is 23.2. The lowest BCUT2D eigenvalue weighted by Gasteiger charge is -2.11. The van der Waals surface area contributed by atoms with Crippen LogP contribution in [0.2, 0.25) is 0 Å². The lowest BCUT2D eigenvalue weighted by atomic mass is 10.2. The number of aromatic nitrogens is 3. The molecule has 33 heavy (non-hydrogen) atoms. The standard InChI is InChI=1S/C24H20F2N4O2S/c1-32-21-11-7-17(8-12-21)23(31)27-14-22-28-29-24(30(22)20-4-2-3-19(26)13-20)33-15-16-5-9-18(25)10-6-16/h2-13H,14-15H2,1H3,(H,27,31). The number of ether oxygens (including phenoxy) is 1. The van der Waals surface area contributed by atoms with E-state index in [0.717, 1.165) is 5.56 Å². The van der Waals surface area contributed by atoms with E-state index in [1.165, 1.54) is 36.0 Å². The average molecular weight is 467 g/mol. The van der Waals surface area contributed by atoms with Crippen molar-refractivity contribution in [1.29, 1.82) is 0 Å². The number of amides is 1. The van der Waals surface area contributed by atoms with E-state index in [1.54, 1.807) is 60.2 Å². The minimum Gasteiger partial charge on any atom is -0.497 e. The van der Waals surface area contributed by atoms with Gasteiger partial charge >= 0.3 is 0 Å². The van der Waals surface area contributed by atoms with Gasteiger partial charge in [0.2, 0.25) is 0 Å². The molecule has 0 unspecified atom stereocenters. The van der Waals surface area contributed by atoms with Crippen LogP contribution in [0.25, 0.3) is 5.69 Å². The molecule has 3 aromatic carbocycles. The van der Waals surface area contributed by atoms with Crippen LogP contribution >= 0.6 is 11.8 Å². The Morgan fingerprint density at radius 1 is 1.00 bits per heavy atom. The molecular weight excluding hydrogens is 446 g/mol. The predicted molar refractivity (Wildman–Crippen MR) is 121 cm³/mol. The minimum atomic E-state index is -0.399. The summed E-state index contributed by atoms with van der Waals surface area (Å²) < 4.78 is 33.9. The summed E-state index contributed by atoms with van der Waals surface area (Å²) in [6.45, 7) is 0.0888. The Balaban J connectivity index is 1.55. The lowest BCUT2D eigenvalue weighted by Crippen LogP contribution is -2.24. The van der Waals surface area contributed by atoms with Gasteiger partial charge in [-0.05, 0) is 60.2 Å².